The van der Waals surface area contributed by atoms with Gasteiger partial charge in [0.15, 0.2) is 0 Å². The Kier molecular flexibility index (Phi) is 122. The quantitative estimate of drug-likeness (QED) is 0.258. The fraction of sp³-hybridized carbons (Fsp3) is 0. The van der Waals surface area contributed by atoms with E-state index in [2.05, 4.69) is 4.89 Å². The minimum Gasteiger partial charge on any atom is -0.509 e. The first-order valence-electron chi connectivity index (χ1n) is 0.591. The van der Waals surface area contributed by atoms with Crippen LogP contribution in [0.1, 0.15) is 0 Å². The summed E-state index contributed by atoms with van der Waals surface area (Å²) >= 11 is 0. The van der Waals surface area contributed by atoms with Crippen molar-refractivity contribution in [2.24, 2.45) is 0 Å². The van der Waals surface area contributed by atoms with E-state index in [-0.39, 0.29) is 109 Å². The smallest absolute Gasteiger partial charge is 0 e. The molecule has 0 aliphatic rings. The Bertz CT molecular complexity index is 28.5. The maximum Gasteiger partial charge on any atom is 0 e. The van der Waals surface area contributed by atoms with Crippen molar-refractivity contribution < 1.29 is 35.4 Å². The van der Waals surface area contributed by atoms with Gasteiger partial charge in [0.1, 0.15) is 0 Å². The van der Waals surface area contributed by atoms with Gasteiger partial charge in [-0.25, -0.2) is 5.26 Å². The molecule has 0 aromatic carbocycles. The molecule has 0 aliphatic heterocycles. The zero-order chi connectivity index (χ0) is 3.41. The minimum absolute atomic E-state index is 0. The molecule has 0 spiro atoms. The first-order valence-corrected chi connectivity index (χ1v) is 0.591. The monoisotopic (exact) mass is 236 g/mol. The Labute approximate surface area is 128 Å². The predicted octanol–water partition coefficient (Wildman–Crippen LogP) is -1.60. The van der Waals surface area contributed by atoms with Crippen LogP contribution < -0.4 is 0 Å². The number of hydrogen-bond donors (Lipinski definition) is 1. The van der Waals surface area contributed by atoms with E-state index < -0.39 is 0 Å². The first-order chi connectivity index (χ1) is 1.91. The van der Waals surface area contributed by atoms with E-state index >= 15 is 0 Å². The minimum atomic E-state index is 0. The molecular weight excluding hydrogens is 235 g/mol. The van der Waals surface area contributed by atoms with Crippen LogP contribution in [0.5, 0.6) is 0 Å². The van der Waals surface area contributed by atoms with Crippen molar-refractivity contribution in [1.82, 2.24) is 0 Å². The summed E-state index contributed by atoms with van der Waals surface area (Å²) in [5.74, 6) is 0. The average Bonchev–Trinajstić information content (AvgIpc) is 1.37. The van der Waals surface area contributed by atoms with E-state index in [1.807, 2.05) is 0 Å². The standard InChI is InChI=1S/CHO3.3Na.Pd/c2-1-4-3;;;;/h3H;;;;/q-1;;;;. The Morgan fingerprint density at radius 3 is 1.38 bits per heavy atom. The zero-order valence-corrected chi connectivity index (χ0v) is 12.6. The van der Waals surface area contributed by atoms with Crippen LogP contribution in [0.25, 0.3) is 0 Å². The van der Waals surface area contributed by atoms with Crippen LogP contribution in [0.4, 0.5) is 0 Å². The van der Waals surface area contributed by atoms with Gasteiger partial charge in [0.2, 0.25) is 0 Å². The van der Waals surface area contributed by atoms with Crippen molar-refractivity contribution in [1.29, 1.82) is 0 Å². The number of hydrogen-bond acceptors (Lipinski definition) is 3. The van der Waals surface area contributed by atoms with Gasteiger partial charge in [-0.15, -0.1) is 0 Å². The van der Waals surface area contributed by atoms with E-state index in [0.717, 1.165) is 6.47 Å². The largest absolute Gasteiger partial charge is 0.509 e. The second-order valence-electron chi connectivity index (χ2n) is 0.175. The third-order valence-corrected chi connectivity index (χ3v) is 0.0373. The molecule has 3 nitrogen and oxygen atoms in total. The van der Waals surface area contributed by atoms with Crippen molar-refractivity contribution in [3.05, 3.63) is 0 Å². The molecule has 1 N–H and O–H groups in total. The van der Waals surface area contributed by atoms with Gasteiger partial charge < -0.3 is 9.68 Å². The second-order valence-corrected chi connectivity index (χ2v) is 0.175. The summed E-state index contributed by atoms with van der Waals surface area (Å²) in [6.45, 7) is 0.736. The van der Waals surface area contributed by atoms with Gasteiger partial charge in [-0.3, -0.25) is 0 Å². The molecule has 0 aromatic heterocycles. The van der Waals surface area contributed by atoms with Gasteiger partial charge in [-0.1, -0.05) is 0 Å². The number of rotatable bonds is 1. The predicted molar refractivity (Wildman–Crippen MR) is 26.7 cm³/mol. The summed E-state index contributed by atoms with van der Waals surface area (Å²) in [4.78, 5) is 11.3. The molecule has 3 radical (unpaired) electrons. The topological polar surface area (TPSA) is 46.5 Å². The van der Waals surface area contributed by atoms with Gasteiger partial charge in [0.25, 0.3) is 0 Å². The summed E-state index contributed by atoms with van der Waals surface area (Å²) in [5, 5.41) is 6.95. The van der Waals surface area contributed by atoms with Crippen LogP contribution in [0.3, 0.4) is 0 Å². The fourth-order valence-corrected chi connectivity index (χ4v) is 0. The molecule has 0 aromatic rings. The molecule has 0 atom stereocenters. The van der Waals surface area contributed by atoms with Crippen LogP contribution in [0, 0.1) is 0 Å². The van der Waals surface area contributed by atoms with Gasteiger partial charge in [-0.2, -0.15) is 0 Å². The van der Waals surface area contributed by atoms with E-state index in [1.165, 1.54) is 0 Å². The summed E-state index contributed by atoms with van der Waals surface area (Å²) in [5.41, 5.74) is 0. The molecular formula is CHNa3O3Pd-. The molecule has 0 unspecified atom stereocenters. The third-order valence-electron chi connectivity index (χ3n) is 0.0373. The van der Waals surface area contributed by atoms with Crippen LogP contribution in [0.15, 0.2) is 0 Å². The van der Waals surface area contributed by atoms with Gasteiger partial charge in [-0.05, 0) is 6.47 Å². The second kappa shape index (κ2) is 32.2. The molecule has 0 saturated heterocycles. The van der Waals surface area contributed by atoms with Crippen molar-refractivity contribution in [2.75, 3.05) is 0 Å². The molecule has 0 saturated carbocycles. The molecule has 0 fully saturated rings. The Balaban J connectivity index is -0.00000000750. The van der Waals surface area contributed by atoms with Crippen molar-refractivity contribution in [2.45, 2.75) is 0 Å². The van der Waals surface area contributed by atoms with Gasteiger partial charge in [0, 0.05) is 109 Å². The Morgan fingerprint density at radius 1 is 1.25 bits per heavy atom. The van der Waals surface area contributed by atoms with E-state index in [9.17, 15) is 0 Å². The summed E-state index contributed by atoms with van der Waals surface area (Å²) in [6.07, 6.45) is 0. The average molecular weight is 236 g/mol. The fourth-order valence-electron chi connectivity index (χ4n) is 0. The molecule has 37 valence electrons. The van der Waals surface area contributed by atoms with Crippen LogP contribution >= 0.6 is 0 Å². The Morgan fingerprint density at radius 2 is 1.38 bits per heavy atom. The summed E-state index contributed by atoms with van der Waals surface area (Å²) < 4.78 is 0. The maximum atomic E-state index is 8.58. The third kappa shape index (κ3) is 35.6. The van der Waals surface area contributed by atoms with Crippen molar-refractivity contribution >= 4 is 95.1 Å². The molecule has 7 heteroatoms. The molecule has 0 rings (SSSR count). The summed E-state index contributed by atoms with van der Waals surface area (Å²) in [6, 6.07) is 0. The normalized spacial score (nSPS) is 2.62. The zero-order valence-electron chi connectivity index (χ0n) is 5.08. The van der Waals surface area contributed by atoms with Crippen LogP contribution in [-0.4, -0.2) is 100 Å². The van der Waals surface area contributed by atoms with E-state index in [4.69, 9.17) is 10.1 Å². The molecule has 0 bridgehead atoms. The van der Waals surface area contributed by atoms with Crippen LogP contribution in [0.2, 0.25) is 0 Å². The first kappa shape index (κ1) is 30.4. The Hall–Kier alpha value is 3.09. The van der Waals surface area contributed by atoms with Gasteiger partial charge >= 0.3 is 0 Å². The van der Waals surface area contributed by atoms with E-state index in [1.54, 1.807) is 0 Å². The molecule has 0 aliphatic carbocycles. The van der Waals surface area contributed by atoms with Crippen molar-refractivity contribution in [3.8, 4) is 0 Å². The van der Waals surface area contributed by atoms with Crippen LogP contribution in [-0.2, 0) is 30.1 Å². The van der Waals surface area contributed by atoms with E-state index in [0.29, 0.717) is 0 Å². The number of carbonyl (C=O) groups excluding carboxylic acids is 1. The SMILES string of the molecule is O=[C-]OO.[Na].[Na].[Na].[Pd]. The summed E-state index contributed by atoms with van der Waals surface area (Å²) in [7, 11) is 0. The van der Waals surface area contributed by atoms with Crippen molar-refractivity contribution in [3.63, 3.8) is 0 Å². The molecule has 0 heterocycles. The van der Waals surface area contributed by atoms with Gasteiger partial charge in [0.05, 0.1) is 0 Å². The molecule has 8 heavy (non-hydrogen) atoms. The molecule has 0 amide bonds. The maximum absolute atomic E-state index is 8.58.